The summed E-state index contributed by atoms with van der Waals surface area (Å²) in [4.78, 5) is 5.19. The molecule has 0 saturated heterocycles. The Morgan fingerprint density at radius 1 is 1.45 bits per heavy atom. The van der Waals surface area contributed by atoms with Crippen molar-refractivity contribution in [3.63, 3.8) is 0 Å². The summed E-state index contributed by atoms with van der Waals surface area (Å²) in [6.07, 6.45) is 0.852. The van der Waals surface area contributed by atoms with Crippen LogP contribution in [-0.4, -0.2) is 21.3 Å². The van der Waals surface area contributed by atoms with Gasteiger partial charge in [0.15, 0.2) is 11.5 Å². The SMILES string of the molecule is CCc1nc2cc3c(cc2n1CC(C)C(N)=S)OCO3. The molecule has 0 fully saturated rings. The van der Waals surface area contributed by atoms with Crippen molar-refractivity contribution in [3.05, 3.63) is 18.0 Å². The predicted molar refractivity (Wildman–Crippen MR) is 81.2 cm³/mol. The van der Waals surface area contributed by atoms with Crippen LogP contribution in [-0.2, 0) is 13.0 Å². The molecule has 3 rings (SSSR count). The van der Waals surface area contributed by atoms with Gasteiger partial charge in [0, 0.05) is 31.0 Å². The number of benzene rings is 1. The van der Waals surface area contributed by atoms with Gasteiger partial charge >= 0.3 is 0 Å². The van der Waals surface area contributed by atoms with Gasteiger partial charge in [0.1, 0.15) is 5.82 Å². The zero-order chi connectivity index (χ0) is 14.3. The van der Waals surface area contributed by atoms with E-state index in [0.29, 0.717) is 4.99 Å². The normalized spacial score (nSPS) is 14.7. The maximum absolute atomic E-state index is 5.73. The Labute approximate surface area is 122 Å². The second-order valence-corrected chi connectivity index (χ2v) is 5.46. The molecule has 1 unspecified atom stereocenters. The van der Waals surface area contributed by atoms with Crippen LogP contribution in [0.2, 0.25) is 0 Å². The summed E-state index contributed by atoms with van der Waals surface area (Å²) in [5.74, 6) is 2.67. The van der Waals surface area contributed by atoms with E-state index in [4.69, 9.17) is 27.4 Å². The summed E-state index contributed by atoms with van der Waals surface area (Å²) >= 11 is 5.07. The van der Waals surface area contributed by atoms with E-state index >= 15 is 0 Å². The first kappa shape index (κ1) is 13.2. The lowest BCUT2D eigenvalue weighted by Crippen LogP contribution is -2.23. The Hall–Kier alpha value is -1.82. The van der Waals surface area contributed by atoms with E-state index in [-0.39, 0.29) is 12.7 Å². The quantitative estimate of drug-likeness (QED) is 0.875. The number of aryl methyl sites for hydroxylation is 1. The molecule has 0 bridgehead atoms. The van der Waals surface area contributed by atoms with Crippen molar-refractivity contribution >= 4 is 28.2 Å². The van der Waals surface area contributed by atoms with Crippen LogP contribution in [0.3, 0.4) is 0 Å². The maximum Gasteiger partial charge on any atom is 0.231 e. The molecule has 1 atom stereocenters. The first-order chi connectivity index (χ1) is 9.60. The minimum Gasteiger partial charge on any atom is -0.454 e. The van der Waals surface area contributed by atoms with Crippen LogP contribution in [0.1, 0.15) is 19.7 Å². The highest BCUT2D eigenvalue weighted by molar-refractivity contribution is 7.80. The summed E-state index contributed by atoms with van der Waals surface area (Å²) in [5, 5.41) is 0. The first-order valence-electron chi connectivity index (χ1n) is 6.68. The molecular formula is C14H17N3O2S. The topological polar surface area (TPSA) is 62.3 Å². The second-order valence-electron chi connectivity index (χ2n) is 4.99. The minimum absolute atomic E-state index is 0.123. The lowest BCUT2D eigenvalue weighted by Gasteiger charge is -2.13. The third-order valence-corrected chi connectivity index (χ3v) is 3.98. The molecule has 6 heteroatoms. The van der Waals surface area contributed by atoms with Gasteiger partial charge in [-0.2, -0.15) is 0 Å². The Bertz CT molecular complexity index is 681. The van der Waals surface area contributed by atoms with Gasteiger partial charge in [0.2, 0.25) is 6.79 Å². The lowest BCUT2D eigenvalue weighted by atomic mass is 10.1. The van der Waals surface area contributed by atoms with Crippen molar-refractivity contribution in [3.8, 4) is 11.5 Å². The third-order valence-electron chi connectivity index (χ3n) is 3.58. The van der Waals surface area contributed by atoms with E-state index in [2.05, 4.69) is 16.5 Å². The molecule has 1 aliphatic heterocycles. The van der Waals surface area contributed by atoms with Crippen molar-refractivity contribution in [2.24, 2.45) is 11.7 Å². The van der Waals surface area contributed by atoms with Crippen molar-refractivity contribution in [1.82, 2.24) is 9.55 Å². The summed E-state index contributed by atoms with van der Waals surface area (Å²) in [6.45, 7) is 5.12. The first-order valence-corrected chi connectivity index (χ1v) is 7.09. The van der Waals surface area contributed by atoms with Crippen LogP contribution < -0.4 is 15.2 Å². The van der Waals surface area contributed by atoms with Crippen LogP contribution in [0.5, 0.6) is 11.5 Å². The third kappa shape index (κ3) is 2.10. The molecule has 0 aliphatic carbocycles. The largest absolute Gasteiger partial charge is 0.454 e. The second kappa shape index (κ2) is 4.94. The van der Waals surface area contributed by atoms with Crippen molar-refractivity contribution in [2.75, 3.05) is 6.79 Å². The molecule has 5 nitrogen and oxygen atoms in total. The highest BCUT2D eigenvalue weighted by Crippen LogP contribution is 2.36. The number of ether oxygens (including phenoxy) is 2. The molecule has 0 amide bonds. The molecule has 1 aliphatic rings. The van der Waals surface area contributed by atoms with Gasteiger partial charge in [0.25, 0.3) is 0 Å². The fourth-order valence-corrected chi connectivity index (χ4v) is 2.48. The summed E-state index contributed by atoms with van der Waals surface area (Å²) < 4.78 is 13.0. The fourth-order valence-electron chi connectivity index (χ4n) is 2.40. The van der Waals surface area contributed by atoms with Gasteiger partial charge in [-0.1, -0.05) is 26.1 Å². The van der Waals surface area contributed by atoms with Gasteiger partial charge in [-0.3, -0.25) is 0 Å². The van der Waals surface area contributed by atoms with E-state index in [0.717, 1.165) is 41.3 Å². The van der Waals surface area contributed by atoms with E-state index in [1.54, 1.807) is 0 Å². The van der Waals surface area contributed by atoms with E-state index in [9.17, 15) is 0 Å². The fraction of sp³-hybridized carbons (Fsp3) is 0.429. The average Bonchev–Trinajstić information content (AvgIpc) is 3.00. The number of fused-ring (bicyclic) bond motifs is 2. The van der Waals surface area contributed by atoms with Crippen LogP contribution in [0.15, 0.2) is 12.1 Å². The Kier molecular flexibility index (Phi) is 3.25. The van der Waals surface area contributed by atoms with Crippen molar-refractivity contribution in [2.45, 2.75) is 26.8 Å². The molecule has 0 saturated carbocycles. The predicted octanol–water partition coefficient (Wildman–Crippen LogP) is 2.25. The molecule has 2 aromatic rings. The van der Waals surface area contributed by atoms with E-state index in [1.807, 2.05) is 19.1 Å². The number of hydrogen-bond donors (Lipinski definition) is 1. The van der Waals surface area contributed by atoms with E-state index in [1.165, 1.54) is 0 Å². The van der Waals surface area contributed by atoms with Crippen LogP contribution in [0, 0.1) is 5.92 Å². The van der Waals surface area contributed by atoms with E-state index < -0.39 is 0 Å². The Morgan fingerprint density at radius 2 is 2.15 bits per heavy atom. The molecule has 106 valence electrons. The lowest BCUT2D eigenvalue weighted by molar-refractivity contribution is 0.174. The number of hydrogen-bond acceptors (Lipinski definition) is 4. The maximum atomic E-state index is 5.73. The average molecular weight is 291 g/mol. The molecule has 0 spiro atoms. The van der Waals surface area contributed by atoms with Crippen LogP contribution >= 0.6 is 12.2 Å². The molecular weight excluding hydrogens is 274 g/mol. The minimum atomic E-state index is 0.123. The number of thiocarbonyl (C=S) groups is 1. The van der Waals surface area contributed by atoms with Gasteiger partial charge < -0.3 is 19.8 Å². The van der Waals surface area contributed by atoms with Gasteiger partial charge in [-0.25, -0.2) is 4.98 Å². The van der Waals surface area contributed by atoms with Gasteiger partial charge in [-0.15, -0.1) is 0 Å². The number of imidazole rings is 1. The highest BCUT2D eigenvalue weighted by atomic mass is 32.1. The summed E-state index contributed by atoms with van der Waals surface area (Å²) in [7, 11) is 0. The standard InChI is InChI=1S/C14H17N3O2S/c1-3-13-16-9-4-11-12(19-7-18-11)5-10(9)17(13)6-8(2)14(15)20/h4-5,8H,3,6-7H2,1-2H3,(H2,15,20). The van der Waals surface area contributed by atoms with Crippen molar-refractivity contribution in [1.29, 1.82) is 0 Å². The Balaban J connectivity index is 2.10. The molecule has 0 radical (unpaired) electrons. The molecule has 1 aromatic carbocycles. The van der Waals surface area contributed by atoms with Gasteiger partial charge in [0.05, 0.1) is 16.0 Å². The molecule has 20 heavy (non-hydrogen) atoms. The zero-order valence-electron chi connectivity index (χ0n) is 11.5. The number of rotatable bonds is 4. The summed E-state index contributed by atoms with van der Waals surface area (Å²) in [5.41, 5.74) is 7.69. The summed E-state index contributed by atoms with van der Waals surface area (Å²) in [6, 6.07) is 3.91. The number of aromatic nitrogens is 2. The monoisotopic (exact) mass is 291 g/mol. The number of nitrogens with two attached hydrogens (primary N) is 1. The Morgan fingerprint density at radius 3 is 2.80 bits per heavy atom. The van der Waals surface area contributed by atoms with Crippen LogP contribution in [0.4, 0.5) is 0 Å². The molecule has 2 heterocycles. The number of nitrogens with zero attached hydrogens (tertiary/aromatic N) is 2. The molecule has 2 N–H and O–H groups in total. The molecule has 1 aromatic heterocycles. The zero-order valence-corrected chi connectivity index (χ0v) is 12.4. The van der Waals surface area contributed by atoms with Crippen LogP contribution in [0.25, 0.3) is 11.0 Å². The highest BCUT2D eigenvalue weighted by Gasteiger charge is 2.19. The smallest absolute Gasteiger partial charge is 0.231 e. The van der Waals surface area contributed by atoms with Gasteiger partial charge in [-0.05, 0) is 0 Å². The van der Waals surface area contributed by atoms with Crippen molar-refractivity contribution < 1.29 is 9.47 Å².